The normalized spacial score (nSPS) is 19.2. The van der Waals surface area contributed by atoms with E-state index in [1.165, 1.54) is 11.1 Å². The first-order valence-electron chi connectivity index (χ1n) is 6.43. The van der Waals surface area contributed by atoms with Gasteiger partial charge >= 0.3 is 0 Å². The Labute approximate surface area is 103 Å². The first-order chi connectivity index (χ1) is 8.24. The monoisotopic (exact) mass is 234 g/mol. The van der Waals surface area contributed by atoms with Crippen molar-refractivity contribution < 1.29 is 5.11 Å². The van der Waals surface area contributed by atoms with Crippen LogP contribution >= 0.6 is 0 Å². The lowest BCUT2D eigenvalue weighted by Gasteiger charge is -2.27. The molecule has 1 heterocycles. The Morgan fingerprint density at radius 3 is 2.35 bits per heavy atom. The Morgan fingerprint density at radius 1 is 1.18 bits per heavy atom. The average Bonchev–Trinajstić information content (AvgIpc) is 2.32. The number of rotatable bonds is 4. The lowest BCUT2D eigenvalue weighted by atomic mass is 10.1. The highest BCUT2D eigenvalue weighted by atomic mass is 16.3. The molecule has 3 heteroatoms. The second kappa shape index (κ2) is 6.15. The Kier molecular flexibility index (Phi) is 4.54. The van der Waals surface area contributed by atoms with Gasteiger partial charge in [0.05, 0.1) is 6.10 Å². The molecule has 1 fully saturated rings. The maximum atomic E-state index is 9.32. The Balaban J connectivity index is 1.88. The van der Waals surface area contributed by atoms with Crippen LogP contribution in [0.3, 0.4) is 0 Å². The minimum Gasteiger partial charge on any atom is -0.393 e. The van der Waals surface area contributed by atoms with Crippen LogP contribution in [0.5, 0.6) is 0 Å². The number of nitrogens with zero attached hydrogens (tertiary/aromatic N) is 1. The Bertz CT molecular complexity index is 329. The summed E-state index contributed by atoms with van der Waals surface area (Å²) in [6.07, 6.45) is 0.488. The zero-order valence-corrected chi connectivity index (χ0v) is 10.5. The smallest absolute Gasteiger partial charge is 0.0552 e. The number of nitrogens with one attached hydrogen (secondary N) is 1. The van der Waals surface area contributed by atoms with Crippen molar-refractivity contribution in [2.24, 2.45) is 0 Å². The average molecular weight is 234 g/mol. The first kappa shape index (κ1) is 12.6. The minimum absolute atomic E-state index is 0.256. The van der Waals surface area contributed by atoms with Crippen molar-refractivity contribution in [3.05, 3.63) is 35.4 Å². The van der Waals surface area contributed by atoms with Crippen LogP contribution in [0.25, 0.3) is 0 Å². The number of hydrogen-bond acceptors (Lipinski definition) is 3. The number of aliphatic hydroxyl groups is 1. The fourth-order valence-corrected chi connectivity index (χ4v) is 2.25. The van der Waals surface area contributed by atoms with E-state index in [0.717, 1.165) is 39.1 Å². The highest BCUT2D eigenvalue weighted by Gasteiger charge is 2.09. The molecular weight excluding hydrogens is 212 g/mol. The molecule has 0 radical (unpaired) electrons. The molecule has 0 amide bonds. The molecule has 0 aliphatic carbocycles. The predicted molar refractivity (Wildman–Crippen MR) is 70.0 cm³/mol. The molecule has 1 aliphatic rings. The molecule has 2 rings (SSSR count). The van der Waals surface area contributed by atoms with Crippen LogP contribution < -0.4 is 5.32 Å². The molecule has 94 valence electrons. The largest absolute Gasteiger partial charge is 0.393 e. The SMILES string of the molecule is CC(O)Cc1ccc(CN2CCNCC2)cc1. The van der Waals surface area contributed by atoms with Crippen molar-refractivity contribution in [1.29, 1.82) is 0 Å². The van der Waals surface area contributed by atoms with Crippen LogP contribution in [0.2, 0.25) is 0 Å². The van der Waals surface area contributed by atoms with E-state index < -0.39 is 0 Å². The van der Waals surface area contributed by atoms with Gasteiger partial charge in [0, 0.05) is 32.7 Å². The second-order valence-corrected chi connectivity index (χ2v) is 4.90. The van der Waals surface area contributed by atoms with E-state index in [9.17, 15) is 5.11 Å². The molecule has 0 saturated carbocycles. The summed E-state index contributed by atoms with van der Waals surface area (Å²) in [6.45, 7) is 7.33. The van der Waals surface area contributed by atoms with Gasteiger partial charge in [0.15, 0.2) is 0 Å². The van der Waals surface area contributed by atoms with E-state index >= 15 is 0 Å². The van der Waals surface area contributed by atoms with Crippen molar-refractivity contribution in [1.82, 2.24) is 10.2 Å². The zero-order valence-electron chi connectivity index (χ0n) is 10.5. The van der Waals surface area contributed by atoms with Gasteiger partial charge in [0.1, 0.15) is 0 Å². The molecule has 0 spiro atoms. The van der Waals surface area contributed by atoms with Crippen LogP contribution in [0.1, 0.15) is 18.1 Å². The molecule has 1 unspecified atom stereocenters. The van der Waals surface area contributed by atoms with Gasteiger partial charge in [-0.2, -0.15) is 0 Å². The summed E-state index contributed by atoms with van der Waals surface area (Å²) in [5.41, 5.74) is 2.57. The fraction of sp³-hybridized carbons (Fsp3) is 0.571. The molecule has 1 atom stereocenters. The van der Waals surface area contributed by atoms with Crippen molar-refractivity contribution in [3.63, 3.8) is 0 Å². The van der Waals surface area contributed by atoms with Gasteiger partial charge in [0.2, 0.25) is 0 Å². The van der Waals surface area contributed by atoms with Crippen LogP contribution in [0.15, 0.2) is 24.3 Å². The molecule has 1 aromatic rings. The number of benzene rings is 1. The van der Waals surface area contributed by atoms with Gasteiger partial charge in [-0.1, -0.05) is 24.3 Å². The van der Waals surface area contributed by atoms with Crippen molar-refractivity contribution in [2.75, 3.05) is 26.2 Å². The molecule has 0 aromatic heterocycles. The van der Waals surface area contributed by atoms with Crippen molar-refractivity contribution >= 4 is 0 Å². The topological polar surface area (TPSA) is 35.5 Å². The zero-order chi connectivity index (χ0) is 12.1. The third-order valence-electron chi connectivity index (χ3n) is 3.17. The van der Waals surface area contributed by atoms with Crippen LogP contribution in [-0.2, 0) is 13.0 Å². The van der Waals surface area contributed by atoms with Gasteiger partial charge in [-0.25, -0.2) is 0 Å². The summed E-state index contributed by atoms with van der Waals surface area (Å²) in [5, 5.41) is 12.7. The Morgan fingerprint density at radius 2 is 1.76 bits per heavy atom. The van der Waals surface area contributed by atoms with Crippen LogP contribution in [0, 0.1) is 0 Å². The Hall–Kier alpha value is -0.900. The minimum atomic E-state index is -0.256. The highest BCUT2D eigenvalue weighted by molar-refractivity contribution is 5.23. The summed E-state index contributed by atoms with van der Waals surface area (Å²) >= 11 is 0. The van der Waals surface area contributed by atoms with Gasteiger partial charge in [-0.05, 0) is 24.5 Å². The first-order valence-corrected chi connectivity index (χ1v) is 6.43. The maximum Gasteiger partial charge on any atom is 0.0552 e. The summed E-state index contributed by atoms with van der Waals surface area (Å²) in [5.74, 6) is 0. The van der Waals surface area contributed by atoms with Gasteiger partial charge in [-0.15, -0.1) is 0 Å². The maximum absolute atomic E-state index is 9.32. The van der Waals surface area contributed by atoms with E-state index in [-0.39, 0.29) is 6.10 Å². The lowest BCUT2D eigenvalue weighted by molar-refractivity contribution is 0.195. The number of piperazine rings is 1. The summed E-state index contributed by atoms with van der Waals surface area (Å²) in [4.78, 5) is 2.47. The molecular formula is C14H22N2O. The van der Waals surface area contributed by atoms with E-state index in [2.05, 4.69) is 34.5 Å². The van der Waals surface area contributed by atoms with E-state index in [0.29, 0.717) is 0 Å². The number of aliphatic hydroxyl groups excluding tert-OH is 1. The summed E-state index contributed by atoms with van der Waals surface area (Å²) < 4.78 is 0. The van der Waals surface area contributed by atoms with Gasteiger partial charge in [-0.3, -0.25) is 4.90 Å². The summed E-state index contributed by atoms with van der Waals surface area (Å²) in [7, 11) is 0. The fourth-order valence-electron chi connectivity index (χ4n) is 2.25. The standard InChI is InChI=1S/C14H22N2O/c1-12(17)10-13-2-4-14(5-3-13)11-16-8-6-15-7-9-16/h2-5,12,15,17H,6-11H2,1H3. The van der Waals surface area contributed by atoms with Crippen LogP contribution in [-0.4, -0.2) is 42.3 Å². The molecule has 1 aliphatic heterocycles. The van der Waals surface area contributed by atoms with E-state index in [1.54, 1.807) is 0 Å². The van der Waals surface area contributed by atoms with Gasteiger partial charge in [0.25, 0.3) is 0 Å². The lowest BCUT2D eigenvalue weighted by Crippen LogP contribution is -2.42. The molecule has 2 N–H and O–H groups in total. The third-order valence-corrected chi connectivity index (χ3v) is 3.17. The van der Waals surface area contributed by atoms with E-state index in [1.807, 2.05) is 6.92 Å². The quantitative estimate of drug-likeness (QED) is 0.816. The van der Waals surface area contributed by atoms with Crippen molar-refractivity contribution in [2.45, 2.75) is 26.0 Å². The molecule has 17 heavy (non-hydrogen) atoms. The summed E-state index contributed by atoms with van der Waals surface area (Å²) in [6, 6.07) is 8.62. The van der Waals surface area contributed by atoms with Crippen molar-refractivity contribution in [3.8, 4) is 0 Å². The third kappa shape index (κ3) is 4.11. The van der Waals surface area contributed by atoms with Gasteiger partial charge < -0.3 is 10.4 Å². The second-order valence-electron chi connectivity index (χ2n) is 4.90. The molecule has 1 aromatic carbocycles. The predicted octanol–water partition coefficient (Wildman–Crippen LogP) is 1.02. The number of hydrogen-bond donors (Lipinski definition) is 2. The highest BCUT2D eigenvalue weighted by Crippen LogP contribution is 2.09. The molecule has 3 nitrogen and oxygen atoms in total. The van der Waals surface area contributed by atoms with E-state index in [4.69, 9.17) is 0 Å². The molecule has 1 saturated heterocycles. The molecule has 0 bridgehead atoms. The van der Waals surface area contributed by atoms with Crippen LogP contribution in [0.4, 0.5) is 0 Å².